The average molecular weight is 718 g/mol. The predicted octanol–water partition coefficient (Wildman–Crippen LogP) is 15.3. The van der Waals surface area contributed by atoms with Crippen molar-refractivity contribution in [1.82, 2.24) is 0 Å². The molecule has 262 valence electrons. The molecule has 0 saturated heterocycles. The zero-order valence-corrected chi connectivity index (χ0v) is 30.1. The van der Waals surface area contributed by atoms with Crippen molar-refractivity contribution in [1.29, 1.82) is 0 Å². The molecule has 0 aliphatic rings. The fraction of sp³-hybridized carbons (Fsp3) is 0. The molecule has 0 radical (unpaired) electrons. The number of hydrogen-bond donors (Lipinski definition) is 0. The minimum Gasteiger partial charge on any atom is -0.456 e. The van der Waals surface area contributed by atoms with Crippen molar-refractivity contribution in [2.24, 2.45) is 0 Å². The van der Waals surface area contributed by atoms with E-state index in [0.717, 1.165) is 111 Å². The molecule has 3 aromatic heterocycles. The van der Waals surface area contributed by atoms with Crippen LogP contribution in [0.1, 0.15) is 0 Å². The van der Waals surface area contributed by atoms with Gasteiger partial charge in [-0.25, -0.2) is 0 Å². The molecule has 0 aliphatic carbocycles. The minimum atomic E-state index is 0.853. The van der Waals surface area contributed by atoms with Gasteiger partial charge in [-0.1, -0.05) is 115 Å². The van der Waals surface area contributed by atoms with Gasteiger partial charge >= 0.3 is 0 Å². The Kier molecular flexibility index (Phi) is 6.60. The quantitative estimate of drug-likeness (QED) is 0.178. The summed E-state index contributed by atoms with van der Waals surface area (Å²) in [6.45, 7) is 0. The van der Waals surface area contributed by atoms with Gasteiger partial charge in [-0.3, -0.25) is 0 Å². The number of para-hydroxylation sites is 2. The van der Waals surface area contributed by atoms with Crippen LogP contribution in [0.4, 0.5) is 17.1 Å². The largest absolute Gasteiger partial charge is 0.456 e. The number of fused-ring (bicyclic) bond motifs is 11. The molecule has 0 amide bonds. The fourth-order valence-electron chi connectivity index (χ4n) is 8.69. The second-order valence-electron chi connectivity index (χ2n) is 14.4. The molecule has 4 nitrogen and oxygen atoms in total. The molecule has 3 heterocycles. The van der Waals surface area contributed by atoms with Crippen molar-refractivity contribution < 1.29 is 13.3 Å². The highest BCUT2D eigenvalue weighted by atomic mass is 16.3. The van der Waals surface area contributed by atoms with Crippen LogP contribution in [0.5, 0.6) is 0 Å². The van der Waals surface area contributed by atoms with Gasteiger partial charge in [-0.2, -0.15) is 0 Å². The Morgan fingerprint density at radius 2 is 0.804 bits per heavy atom. The Balaban J connectivity index is 0.991. The molecule has 0 bridgehead atoms. The van der Waals surface area contributed by atoms with E-state index in [1.807, 2.05) is 30.3 Å². The number of hydrogen-bond acceptors (Lipinski definition) is 4. The second-order valence-corrected chi connectivity index (χ2v) is 14.4. The van der Waals surface area contributed by atoms with E-state index in [-0.39, 0.29) is 0 Å². The standard InChI is InChI=1S/C52H31NO3/c1-2-10-40-32(9-1)23-29-44-51-39(14-8-18-48(51)56-52(40)44)34-21-26-36(27-22-34)53(37-28-30-42-41-11-3-5-15-45(41)55-49(42)31-37)35-24-19-33(20-25-35)38-13-7-17-47-50(38)43-12-4-6-16-46(43)54-47/h1-31H. The van der Waals surface area contributed by atoms with Crippen molar-refractivity contribution >= 4 is 93.7 Å². The number of nitrogens with zero attached hydrogens (tertiary/aromatic N) is 1. The molecule has 12 rings (SSSR count). The lowest BCUT2D eigenvalue weighted by Crippen LogP contribution is -2.09. The number of anilines is 3. The van der Waals surface area contributed by atoms with Gasteiger partial charge in [0.25, 0.3) is 0 Å². The van der Waals surface area contributed by atoms with Gasteiger partial charge in [0.05, 0.1) is 0 Å². The van der Waals surface area contributed by atoms with Crippen LogP contribution in [-0.2, 0) is 0 Å². The van der Waals surface area contributed by atoms with Crippen LogP contribution in [0.2, 0.25) is 0 Å². The van der Waals surface area contributed by atoms with Crippen LogP contribution < -0.4 is 4.90 Å². The Bertz CT molecular complexity index is 3470. The molecule has 0 aliphatic heterocycles. The van der Waals surface area contributed by atoms with Gasteiger partial charge in [0.2, 0.25) is 0 Å². The van der Waals surface area contributed by atoms with Crippen LogP contribution in [0.25, 0.3) is 98.8 Å². The van der Waals surface area contributed by atoms with E-state index in [1.165, 1.54) is 5.39 Å². The monoisotopic (exact) mass is 717 g/mol. The number of furan rings is 3. The Labute approximate surface area is 321 Å². The molecule has 4 heteroatoms. The Morgan fingerprint density at radius 1 is 0.304 bits per heavy atom. The van der Waals surface area contributed by atoms with Gasteiger partial charge in [0.15, 0.2) is 0 Å². The van der Waals surface area contributed by atoms with Gasteiger partial charge in [0, 0.05) is 60.8 Å². The van der Waals surface area contributed by atoms with Gasteiger partial charge in [0.1, 0.15) is 33.5 Å². The van der Waals surface area contributed by atoms with E-state index >= 15 is 0 Å². The van der Waals surface area contributed by atoms with E-state index in [1.54, 1.807) is 0 Å². The van der Waals surface area contributed by atoms with Gasteiger partial charge < -0.3 is 18.2 Å². The molecule has 0 atom stereocenters. The maximum atomic E-state index is 6.52. The third-order valence-corrected chi connectivity index (χ3v) is 11.3. The molecule has 0 unspecified atom stereocenters. The van der Waals surface area contributed by atoms with Crippen molar-refractivity contribution in [3.63, 3.8) is 0 Å². The van der Waals surface area contributed by atoms with Crippen LogP contribution in [0.15, 0.2) is 201 Å². The summed E-state index contributed by atoms with van der Waals surface area (Å²) in [6, 6.07) is 66.1. The summed E-state index contributed by atoms with van der Waals surface area (Å²) in [6.07, 6.45) is 0. The lowest BCUT2D eigenvalue weighted by molar-refractivity contribution is 0.668. The molecule has 9 aromatic carbocycles. The number of benzene rings is 9. The Hall–Kier alpha value is -7.56. The van der Waals surface area contributed by atoms with Crippen molar-refractivity contribution in [3.8, 4) is 22.3 Å². The first-order valence-electron chi connectivity index (χ1n) is 18.9. The summed E-state index contributed by atoms with van der Waals surface area (Å²) < 4.78 is 19.1. The van der Waals surface area contributed by atoms with Crippen LogP contribution in [0.3, 0.4) is 0 Å². The molecular formula is C52H31NO3. The van der Waals surface area contributed by atoms with Gasteiger partial charge in [-0.05, 0) is 94.4 Å². The van der Waals surface area contributed by atoms with E-state index < -0.39 is 0 Å². The lowest BCUT2D eigenvalue weighted by Gasteiger charge is -2.26. The first-order chi connectivity index (χ1) is 27.7. The maximum absolute atomic E-state index is 6.52. The highest BCUT2D eigenvalue weighted by Gasteiger charge is 2.19. The molecule has 0 fully saturated rings. The first-order valence-corrected chi connectivity index (χ1v) is 18.9. The normalized spacial score (nSPS) is 11.9. The van der Waals surface area contributed by atoms with E-state index in [9.17, 15) is 0 Å². The van der Waals surface area contributed by atoms with E-state index in [4.69, 9.17) is 13.3 Å². The molecule has 0 spiro atoms. The number of rotatable bonds is 5. The summed E-state index contributed by atoms with van der Waals surface area (Å²) in [5.74, 6) is 0. The maximum Gasteiger partial charge on any atom is 0.143 e. The SMILES string of the molecule is c1ccc2c(c1)ccc1c2oc2cccc(-c3ccc(N(c4ccc(-c5cccc6oc7ccccc7c56)cc4)c4ccc5c(c4)oc4ccccc45)cc3)c21. The topological polar surface area (TPSA) is 42.7 Å². The van der Waals surface area contributed by atoms with Crippen LogP contribution in [-0.4, -0.2) is 0 Å². The summed E-state index contributed by atoms with van der Waals surface area (Å²) in [5.41, 5.74) is 13.0. The summed E-state index contributed by atoms with van der Waals surface area (Å²) >= 11 is 0. The van der Waals surface area contributed by atoms with Crippen molar-refractivity contribution in [2.45, 2.75) is 0 Å². The summed E-state index contributed by atoms with van der Waals surface area (Å²) in [7, 11) is 0. The molecule has 56 heavy (non-hydrogen) atoms. The molecule has 0 N–H and O–H groups in total. The smallest absolute Gasteiger partial charge is 0.143 e. The van der Waals surface area contributed by atoms with E-state index in [0.29, 0.717) is 0 Å². The third kappa shape index (κ3) is 4.66. The first kappa shape index (κ1) is 30.9. The molecular weight excluding hydrogens is 687 g/mol. The minimum absolute atomic E-state index is 0.853. The van der Waals surface area contributed by atoms with Crippen molar-refractivity contribution in [3.05, 3.63) is 188 Å². The fourth-order valence-corrected chi connectivity index (χ4v) is 8.69. The zero-order chi connectivity index (χ0) is 36.7. The van der Waals surface area contributed by atoms with Crippen LogP contribution >= 0.6 is 0 Å². The van der Waals surface area contributed by atoms with Gasteiger partial charge in [-0.15, -0.1) is 0 Å². The molecule has 0 saturated carbocycles. The lowest BCUT2D eigenvalue weighted by atomic mass is 9.97. The highest BCUT2D eigenvalue weighted by molar-refractivity contribution is 6.19. The summed E-state index contributed by atoms with van der Waals surface area (Å²) in [4.78, 5) is 2.30. The average Bonchev–Trinajstić information content (AvgIpc) is 3.96. The zero-order valence-electron chi connectivity index (χ0n) is 30.1. The molecule has 12 aromatic rings. The summed E-state index contributed by atoms with van der Waals surface area (Å²) in [5, 5.41) is 9.02. The third-order valence-electron chi connectivity index (χ3n) is 11.3. The van der Waals surface area contributed by atoms with E-state index in [2.05, 4.69) is 163 Å². The highest BCUT2D eigenvalue weighted by Crippen LogP contribution is 2.43. The van der Waals surface area contributed by atoms with Crippen LogP contribution in [0, 0.1) is 0 Å². The predicted molar refractivity (Wildman–Crippen MR) is 231 cm³/mol. The van der Waals surface area contributed by atoms with Crippen molar-refractivity contribution in [2.75, 3.05) is 4.90 Å². The second kappa shape index (κ2) is 12.0. The Morgan fingerprint density at radius 3 is 1.52 bits per heavy atom.